The van der Waals surface area contributed by atoms with Crippen molar-refractivity contribution in [2.75, 3.05) is 18.5 Å². The van der Waals surface area contributed by atoms with Crippen LogP contribution in [0.15, 0.2) is 48.5 Å². The Bertz CT molecular complexity index is 819. The third-order valence-electron chi connectivity index (χ3n) is 4.98. The summed E-state index contributed by atoms with van der Waals surface area (Å²) >= 11 is 0. The highest BCUT2D eigenvalue weighted by atomic mass is 19.1. The predicted molar refractivity (Wildman–Crippen MR) is 101 cm³/mol. The van der Waals surface area contributed by atoms with Gasteiger partial charge in [0.1, 0.15) is 11.6 Å². The molecule has 2 amide bonds. The second kappa shape index (κ2) is 8.20. The van der Waals surface area contributed by atoms with Crippen LogP contribution in [0.25, 0.3) is 0 Å². The van der Waals surface area contributed by atoms with Crippen LogP contribution >= 0.6 is 0 Å². The van der Waals surface area contributed by atoms with Crippen LogP contribution in [0.5, 0.6) is 5.75 Å². The van der Waals surface area contributed by atoms with Crippen LogP contribution in [0, 0.1) is 5.82 Å². The van der Waals surface area contributed by atoms with Crippen molar-refractivity contribution in [1.82, 2.24) is 5.32 Å². The molecule has 1 aliphatic carbocycles. The molecule has 3 rings (SSSR count). The highest BCUT2D eigenvalue weighted by Gasteiger charge is 2.39. The second-order valence-corrected chi connectivity index (χ2v) is 6.71. The van der Waals surface area contributed by atoms with Crippen LogP contribution in [0.3, 0.4) is 0 Å². The Morgan fingerprint density at radius 3 is 2.48 bits per heavy atom. The van der Waals surface area contributed by atoms with Gasteiger partial charge in [-0.15, -0.1) is 0 Å². The van der Waals surface area contributed by atoms with E-state index in [0.717, 1.165) is 19.3 Å². The first-order valence-corrected chi connectivity index (χ1v) is 9.11. The largest absolute Gasteiger partial charge is 0.492 e. The topological polar surface area (TPSA) is 67.4 Å². The Morgan fingerprint density at radius 1 is 1.11 bits per heavy atom. The van der Waals surface area contributed by atoms with Gasteiger partial charge in [0.25, 0.3) is 0 Å². The molecule has 6 heteroatoms. The van der Waals surface area contributed by atoms with Gasteiger partial charge < -0.3 is 15.4 Å². The molecule has 1 aliphatic rings. The summed E-state index contributed by atoms with van der Waals surface area (Å²) < 4.78 is 18.7. The molecule has 0 aromatic heterocycles. The average molecular weight is 370 g/mol. The molecule has 0 saturated heterocycles. The number of amides is 2. The first-order chi connectivity index (χ1) is 13.0. The zero-order valence-electron chi connectivity index (χ0n) is 15.3. The zero-order valence-corrected chi connectivity index (χ0v) is 15.3. The molecule has 1 saturated carbocycles. The summed E-state index contributed by atoms with van der Waals surface area (Å²) in [6, 6.07) is 13.8. The zero-order chi connectivity index (χ0) is 19.3. The van der Waals surface area contributed by atoms with E-state index in [1.165, 1.54) is 23.8 Å². The quantitative estimate of drug-likeness (QED) is 0.766. The van der Waals surface area contributed by atoms with Crippen molar-refractivity contribution in [3.05, 3.63) is 59.9 Å². The van der Waals surface area contributed by atoms with Gasteiger partial charge in [-0.3, -0.25) is 9.59 Å². The van der Waals surface area contributed by atoms with Gasteiger partial charge in [0.15, 0.2) is 0 Å². The molecule has 0 heterocycles. The Morgan fingerprint density at radius 2 is 1.85 bits per heavy atom. The monoisotopic (exact) mass is 370 g/mol. The number of halogens is 1. The van der Waals surface area contributed by atoms with E-state index in [1.807, 2.05) is 18.2 Å². The maximum absolute atomic E-state index is 13.4. The number of hydrogen-bond donors (Lipinski definition) is 2. The van der Waals surface area contributed by atoms with Crippen LogP contribution in [-0.2, 0) is 15.0 Å². The highest BCUT2D eigenvalue weighted by Crippen LogP contribution is 2.43. The van der Waals surface area contributed by atoms with Gasteiger partial charge in [-0.05, 0) is 37.5 Å². The third kappa shape index (κ3) is 4.27. The Labute approximate surface area is 157 Å². The van der Waals surface area contributed by atoms with Crippen LogP contribution in [0.4, 0.5) is 10.1 Å². The van der Waals surface area contributed by atoms with Crippen molar-refractivity contribution in [3.8, 4) is 5.75 Å². The molecule has 0 unspecified atom stereocenters. The molecule has 2 aromatic rings. The van der Waals surface area contributed by atoms with E-state index in [2.05, 4.69) is 22.8 Å². The van der Waals surface area contributed by atoms with Crippen LogP contribution < -0.4 is 15.4 Å². The minimum absolute atomic E-state index is 0.108. The van der Waals surface area contributed by atoms with Gasteiger partial charge in [0.2, 0.25) is 0 Å². The fourth-order valence-electron chi connectivity index (χ4n) is 3.35. The number of benzene rings is 2. The van der Waals surface area contributed by atoms with Gasteiger partial charge >= 0.3 is 11.8 Å². The standard InChI is InChI=1S/C21H23FN2O3/c1-2-27-18-13-16(22)9-10-17(18)24-20(26)19(25)23-14-21(11-6-12-21)15-7-4-3-5-8-15/h3-5,7-10,13H,2,6,11-12,14H2,1H3,(H,23,25)(H,24,26). The molecule has 2 aromatic carbocycles. The molecule has 142 valence electrons. The summed E-state index contributed by atoms with van der Waals surface area (Å²) in [7, 11) is 0. The lowest BCUT2D eigenvalue weighted by atomic mass is 9.64. The van der Waals surface area contributed by atoms with Crippen LogP contribution in [0.2, 0.25) is 0 Å². The number of carbonyl (C=O) groups excluding carboxylic acids is 2. The molecule has 2 N–H and O–H groups in total. The van der Waals surface area contributed by atoms with Crippen molar-refractivity contribution < 1.29 is 18.7 Å². The number of hydrogen-bond acceptors (Lipinski definition) is 3. The fraction of sp³-hybridized carbons (Fsp3) is 0.333. The molecule has 0 bridgehead atoms. The lowest BCUT2D eigenvalue weighted by molar-refractivity contribution is -0.136. The SMILES string of the molecule is CCOc1cc(F)ccc1NC(=O)C(=O)NCC1(c2ccccc2)CCC1. The molecule has 0 atom stereocenters. The molecule has 0 aliphatic heterocycles. The molecule has 5 nitrogen and oxygen atoms in total. The van der Waals surface area contributed by atoms with E-state index in [0.29, 0.717) is 13.2 Å². The summed E-state index contributed by atoms with van der Waals surface area (Å²) in [5.41, 5.74) is 1.33. The van der Waals surface area contributed by atoms with Crippen molar-refractivity contribution in [1.29, 1.82) is 0 Å². The Balaban J connectivity index is 1.62. The van der Waals surface area contributed by atoms with E-state index in [4.69, 9.17) is 4.74 Å². The summed E-state index contributed by atoms with van der Waals surface area (Å²) in [4.78, 5) is 24.5. The Kier molecular flexibility index (Phi) is 5.74. The minimum atomic E-state index is -0.801. The van der Waals surface area contributed by atoms with Gasteiger partial charge in [0, 0.05) is 18.0 Å². The second-order valence-electron chi connectivity index (χ2n) is 6.71. The van der Waals surface area contributed by atoms with Crippen LogP contribution in [0.1, 0.15) is 31.7 Å². The predicted octanol–water partition coefficient (Wildman–Crippen LogP) is 3.40. The van der Waals surface area contributed by atoms with Gasteiger partial charge in [0.05, 0.1) is 12.3 Å². The Hall–Kier alpha value is -2.89. The number of ether oxygens (including phenoxy) is 1. The normalized spacial score (nSPS) is 14.7. The molecule has 27 heavy (non-hydrogen) atoms. The van der Waals surface area contributed by atoms with Crippen molar-refractivity contribution >= 4 is 17.5 Å². The van der Waals surface area contributed by atoms with Gasteiger partial charge in [-0.1, -0.05) is 36.8 Å². The van der Waals surface area contributed by atoms with E-state index in [9.17, 15) is 14.0 Å². The first kappa shape index (κ1) is 18.9. The van der Waals surface area contributed by atoms with Crippen molar-refractivity contribution in [2.45, 2.75) is 31.6 Å². The van der Waals surface area contributed by atoms with E-state index >= 15 is 0 Å². The number of rotatable bonds is 6. The summed E-state index contributed by atoms with van der Waals surface area (Å²) in [6.45, 7) is 2.48. The van der Waals surface area contributed by atoms with Crippen LogP contribution in [-0.4, -0.2) is 25.0 Å². The maximum Gasteiger partial charge on any atom is 0.313 e. The first-order valence-electron chi connectivity index (χ1n) is 9.11. The lowest BCUT2D eigenvalue weighted by Crippen LogP contribution is -2.48. The molecule has 0 radical (unpaired) electrons. The maximum atomic E-state index is 13.4. The van der Waals surface area contributed by atoms with Crippen molar-refractivity contribution in [2.24, 2.45) is 0 Å². The van der Waals surface area contributed by atoms with Gasteiger partial charge in [-0.2, -0.15) is 0 Å². The number of anilines is 1. The summed E-state index contributed by atoms with van der Waals surface area (Å²) in [6.07, 6.45) is 3.06. The highest BCUT2D eigenvalue weighted by molar-refractivity contribution is 6.39. The lowest BCUT2D eigenvalue weighted by Gasteiger charge is -2.42. The average Bonchev–Trinajstić information content (AvgIpc) is 2.64. The van der Waals surface area contributed by atoms with Crippen molar-refractivity contribution in [3.63, 3.8) is 0 Å². The van der Waals surface area contributed by atoms with E-state index < -0.39 is 17.6 Å². The van der Waals surface area contributed by atoms with E-state index in [1.54, 1.807) is 6.92 Å². The number of carbonyl (C=O) groups is 2. The number of nitrogens with one attached hydrogen (secondary N) is 2. The minimum Gasteiger partial charge on any atom is -0.492 e. The summed E-state index contributed by atoms with van der Waals surface area (Å²) in [5.74, 6) is -1.80. The molecular weight excluding hydrogens is 347 g/mol. The molecule has 1 fully saturated rings. The van der Waals surface area contributed by atoms with Gasteiger partial charge in [-0.25, -0.2) is 4.39 Å². The summed E-state index contributed by atoms with van der Waals surface area (Å²) in [5, 5.41) is 5.23. The molecule has 0 spiro atoms. The fourth-order valence-corrected chi connectivity index (χ4v) is 3.35. The third-order valence-corrected chi connectivity index (χ3v) is 4.98. The molecular formula is C21H23FN2O3. The smallest absolute Gasteiger partial charge is 0.313 e. The van der Waals surface area contributed by atoms with E-state index in [-0.39, 0.29) is 16.9 Å².